The predicted molar refractivity (Wildman–Crippen MR) is 171 cm³/mol. The molecule has 0 bridgehead atoms. The van der Waals surface area contributed by atoms with Crippen LogP contribution in [0.25, 0.3) is 6.08 Å². The number of carbonyl (C=O) groups is 3. The second-order valence-corrected chi connectivity index (χ2v) is 11.9. The van der Waals surface area contributed by atoms with Crippen molar-refractivity contribution in [3.05, 3.63) is 148 Å². The van der Waals surface area contributed by atoms with Gasteiger partial charge < -0.3 is 15.0 Å². The molecule has 0 aromatic heterocycles. The number of anilines is 1. The van der Waals surface area contributed by atoms with Crippen LogP contribution in [0, 0.1) is 5.92 Å². The fourth-order valence-electron chi connectivity index (χ4n) is 7.07. The molecule has 4 atom stereocenters. The highest BCUT2D eigenvalue weighted by Crippen LogP contribution is 2.62. The Kier molecular flexibility index (Phi) is 6.91. The van der Waals surface area contributed by atoms with E-state index in [1.807, 2.05) is 65.7 Å². The van der Waals surface area contributed by atoms with E-state index in [4.69, 9.17) is 27.9 Å². The monoisotopic (exact) mass is 620 g/mol. The normalized spacial score (nSPS) is 22.6. The minimum Gasteiger partial charge on any atom is -0.490 e. The highest BCUT2D eigenvalue weighted by atomic mass is 35.5. The molecule has 1 spiro atoms. The van der Waals surface area contributed by atoms with Gasteiger partial charge in [-0.05, 0) is 71.3 Å². The number of Topliss-reactive ketones (excluding diaryl/α,β-unsaturated/α-hetero) is 2. The molecule has 1 saturated heterocycles. The highest BCUT2D eigenvalue weighted by molar-refractivity contribution is 6.37. The number of hydrogen-bond donors (Lipinski definition) is 1. The zero-order valence-electron chi connectivity index (χ0n) is 23.4. The first kappa shape index (κ1) is 28.1. The minimum absolute atomic E-state index is 0.174. The number of halogens is 2. The van der Waals surface area contributed by atoms with Crippen molar-refractivity contribution in [2.24, 2.45) is 5.92 Å². The van der Waals surface area contributed by atoms with Gasteiger partial charge in [-0.1, -0.05) is 78.3 Å². The van der Waals surface area contributed by atoms with Crippen molar-refractivity contribution in [2.45, 2.75) is 17.5 Å². The molecule has 7 rings (SSSR count). The molecule has 3 heterocycles. The second kappa shape index (κ2) is 10.8. The molecule has 1 fully saturated rings. The second-order valence-electron chi connectivity index (χ2n) is 11.1. The topological polar surface area (TPSA) is 75.7 Å². The molecule has 6 nitrogen and oxygen atoms in total. The summed E-state index contributed by atoms with van der Waals surface area (Å²) in [6.07, 6.45) is 5.38. The lowest BCUT2D eigenvalue weighted by Crippen LogP contribution is -2.49. The average molecular weight is 622 g/mol. The molecule has 0 saturated carbocycles. The molecule has 0 radical (unpaired) electrons. The molecule has 4 aromatic carbocycles. The molecule has 1 amide bonds. The van der Waals surface area contributed by atoms with Crippen molar-refractivity contribution in [2.75, 3.05) is 11.9 Å². The molecule has 218 valence electrons. The van der Waals surface area contributed by atoms with Gasteiger partial charge in [0.05, 0.1) is 17.0 Å². The molecule has 0 aliphatic carbocycles. The molecule has 1 N–H and O–H groups in total. The maximum absolute atomic E-state index is 14.9. The molecule has 44 heavy (non-hydrogen) atoms. The number of nitrogens with zero attached hydrogens (tertiary/aromatic N) is 1. The van der Waals surface area contributed by atoms with Crippen molar-refractivity contribution in [3.63, 3.8) is 0 Å². The van der Waals surface area contributed by atoms with E-state index in [2.05, 4.69) is 11.9 Å². The van der Waals surface area contributed by atoms with Gasteiger partial charge in [-0.3, -0.25) is 14.4 Å². The first-order chi connectivity index (χ1) is 21.4. The summed E-state index contributed by atoms with van der Waals surface area (Å²) in [7, 11) is 0. The van der Waals surface area contributed by atoms with E-state index < -0.39 is 23.4 Å². The van der Waals surface area contributed by atoms with Gasteiger partial charge in [-0.2, -0.15) is 0 Å². The van der Waals surface area contributed by atoms with Crippen LogP contribution < -0.4 is 10.1 Å². The Morgan fingerprint density at radius 3 is 2.48 bits per heavy atom. The summed E-state index contributed by atoms with van der Waals surface area (Å²) in [5.74, 6) is -1.59. The van der Waals surface area contributed by atoms with Crippen LogP contribution in [0.4, 0.5) is 5.69 Å². The lowest BCUT2D eigenvalue weighted by atomic mass is 9.62. The third-order valence-electron chi connectivity index (χ3n) is 8.82. The summed E-state index contributed by atoms with van der Waals surface area (Å²) < 4.78 is 5.64. The smallest absolute Gasteiger partial charge is 0.238 e. The largest absolute Gasteiger partial charge is 0.490 e. The van der Waals surface area contributed by atoms with E-state index in [1.54, 1.807) is 42.5 Å². The lowest BCUT2D eigenvalue weighted by molar-refractivity contribution is -0.122. The Morgan fingerprint density at radius 2 is 1.70 bits per heavy atom. The minimum atomic E-state index is -1.44. The van der Waals surface area contributed by atoms with Crippen molar-refractivity contribution >= 4 is 52.4 Å². The van der Waals surface area contributed by atoms with Gasteiger partial charge >= 0.3 is 0 Å². The Balaban J connectivity index is 1.49. The van der Waals surface area contributed by atoms with E-state index in [9.17, 15) is 14.4 Å². The Hall–Kier alpha value is -4.65. The van der Waals surface area contributed by atoms with E-state index in [-0.39, 0.29) is 28.1 Å². The number of ether oxygens (including phenoxy) is 1. The van der Waals surface area contributed by atoms with Crippen molar-refractivity contribution < 1.29 is 19.1 Å². The Labute approximate surface area is 264 Å². The summed E-state index contributed by atoms with van der Waals surface area (Å²) in [5.41, 5.74) is 2.20. The zero-order valence-corrected chi connectivity index (χ0v) is 24.9. The van der Waals surface area contributed by atoms with Crippen molar-refractivity contribution in [3.8, 4) is 5.75 Å². The SMILES string of the molecule is C=CCOc1ccc(C(=O)[C@H]2[C@@H](C(=O)c3ccc(Cl)cc3Cl)N3C=Cc4ccccc4[C@@H]3[C@]23C(=O)Nc2ccccc23)cc1. The van der Waals surface area contributed by atoms with Gasteiger partial charge in [0, 0.05) is 28.0 Å². The molecule has 4 aromatic rings. The number of ketones is 2. The van der Waals surface area contributed by atoms with Crippen LogP contribution in [0.1, 0.15) is 43.4 Å². The van der Waals surface area contributed by atoms with E-state index >= 15 is 0 Å². The van der Waals surface area contributed by atoms with Gasteiger partial charge in [0.15, 0.2) is 11.6 Å². The van der Waals surface area contributed by atoms with E-state index in [0.29, 0.717) is 34.2 Å². The maximum atomic E-state index is 14.9. The van der Waals surface area contributed by atoms with Gasteiger partial charge in [0.25, 0.3) is 0 Å². The highest BCUT2D eigenvalue weighted by Gasteiger charge is 2.70. The molecule has 3 aliphatic rings. The van der Waals surface area contributed by atoms with E-state index in [0.717, 1.165) is 11.1 Å². The summed E-state index contributed by atoms with van der Waals surface area (Å²) >= 11 is 12.8. The summed E-state index contributed by atoms with van der Waals surface area (Å²) in [5, 5.41) is 3.61. The first-order valence-corrected chi connectivity index (χ1v) is 14.9. The number of para-hydroxylation sites is 1. The van der Waals surface area contributed by atoms with Crippen LogP contribution in [-0.4, -0.2) is 35.0 Å². The van der Waals surface area contributed by atoms with Gasteiger partial charge in [0.1, 0.15) is 23.8 Å². The van der Waals surface area contributed by atoms with Crippen LogP contribution in [0.15, 0.2) is 110 Å². The number of fused-ring (bicyclic) bond motifs is 6. The van der Waals surface area contributed by atoms with Crippen LogP contribution in [0.2, 0.25) is 10.0 Å². The summed E-state index contributed by atoms with van der Waals surface area (Å²) in [6.45, 7) is 3.99. The number of rotatable bonds is 7. The summed E-state index contributed by atoms with van der Waals surface area (Å²) in [4.78, 5) is 46.1. The lowest BCUT2D eigenvalue weighted by Gasteiger charge is -2.38. The summed E-state index contributed by atoms with van der Waals surface area (Å²) in [6, 6.07) is 24.9. The first-order valence-electron chi connectivity index (χ1n) is 14.2. The van der Waals surface area contributed by atoms with Gasteiger partial charge in [0.2, 0.25) is 5.91 Å². The molecular formula is C36H26Cl2N2O4. The zero-order chi connectivity index (χ0) is 30.6. The van der Waals surface area contributed by atoms with Crippen LogP contribution >= 0.6 is 23.2 Å². The van der Waals surface area contributed by atoms with Crippen LogP contribution in [0.5, 0.6) is 5.75 Å². The number of nitrogens with one attached hydrogen (secondary N) is 1. The van der Waals surface area contributed by atoms with Crippen LogP contribution in [-0.2, 0) is 10.2 Å². The van der Waals surface area contributed by atoms with Crippen molar-refractivity contribution in [1.29, 1.82) is 0 Å². The quantitative estimate of drug-likeness (QED) is 0.171. The number of carbonyl (C=O) groups excluding carboxylic acids is 3. The van der Waals surface area contributed by atoms with Crippen LogP contribution in [0.3, 0.4) is 0 Å². The third kappa shape index (κ3) is 4.13. The Bertz CT molecular complexity index is 1890. The molecule has 0 unspecified atom stereocenters. The van der Waals surface area contributed by atoms with Gasteiger partial charge in [-0.25, -0.2) is 0 Å². The fraction of sp³-hybridized carbons (Fsp3) is 0.139. The van der Waals surface area contributed by atoms with Gasteiger partial charge in [-0.15, -0.1) is 0 Å². The van der Waals surface area contributed by atoms with E-state index in [1.165, 1.54) is 6.07 Å². The fourth-order valence-corrected chi connectivity index (χ4v) is 7.57. The standard InChI is InChI=1S/C36H26Cl2N2O4/c1-2-19-44-24-14-11-22(12-15-24)32(41)30-31(33(42)26-16-13-23(37)20-28(26)38)40-18-17-21-7-3-4-8-25(21)34(40)36(30)27-9-5-6-10-29(27)39-35(36)43/h2-18,20,30-31,34H,1,19H2,(H,39,43)/t30-,31+,34-,36-/m1/s1. The average Bonchev–Trinajstić information content (AvgIpc) is 3.51. The number of amides is 1. The third-order valence-corrected chi connectivity index (χ3v) is 9.37. The maximum Gasteiger partial charge on any atom is 0.238 e. The Morgan fingerprint density at radius 1 is 0.955 bits per heavy atom. The number of benzene rings is 4. The number of hydrogen-bond acceptors (Lipinski definition) is 5. The molecule has 3 aliphatic heterocycles. The molecular weight excluding hydrogens is 595 g/mol. The predicted octanol–water partition coefficient (Wildman–Crippen LogP) is 7.54. The van der Waals surface area contributed by atoms with Crippen molar-refractivity contribution in [1.82, 2.24) is 4.90 Å². The molecule has 8 heteroatoms.